The number of aliphatic hydroxyl groups excluding tert-OH is 1. The summed E-state index contributed by atoms with van der Waals surface area (Å²) in [6.45, 7) is 6.68. The Morgan fingerprint density at radius 3 is 2.62 bits per heavy atom. The average molecular weight is 354 g/mol. The largest absolute Gasteiger partial charge is 0.462 e. The third-order valence-corrected chi connectivity index (χ3v) is 4.39. The fourth-order valence-corrected chi connectivity index (χ4v) is 2.98. The van der Waals surface area contributed by atoms with Gasteiger partial charge in [0.1, 0.15) is 17.8 Å². The van der Waals surface area contributed by atoms with E-state index in [0.29, 0.717) is 24.5 Å². The van der Waals surface area contributed by atoms with Crippen molar-refractivity contribution in [1.82, 2.24) is 14.5 Å². The molecule has 2 N–H and O–H groups in total. The molecule has 0 saturated heterocycles. The maximum absolute atomic E-state index is 11.7. The van der Waals surface area contributed by atoms with Gasteiger partial charge in [-0.2, -0.15) is 0 Å². The summed E-state index contributed by atoms with van der Waals surface area (Å²) in [4.78, 5) is 20.5. The predicted octanol–water partition coefficient (Wildman–Crippen LogP) is 2.96. The van der Waals surface area contributed by atoms with Gasteiger partial charge in [0.15, 0.2) is 0 Å². The van der Waals surface area contributed by atoms with E-state index in [0.717, 1.165) is 28.0 Å². The van der Waals surface area contributed by atoms with Crippen LogP contribution in [-0.4, -0.2) is 38.8 Å². The van der Waals surface area contributed by atoms with Gasteiger partial charge in [0, 0.05) is 17.9 Å². The number of benzene rings is 1. The van der Waals surface area contributed by atoms with Gasteiger partial charge in [0.2, 0.25) is 0 Å². The SMILES string of the molecule is CCOC(=O)c1ccc(Nc2ncnc3c2c(C)c(C)n3CCO)cc1. The quantitative estimate of drug-likeness (QED) is 0.662. The normalized spacial score (nSPS) is 10.9. The first-order valence-electron chi connectivity index (χ1n) is 8.52. The van der Waals surface area contributed by atoms with Crippen LogP contribution in [0.15, 0.2) is 30.6 Å². The number of aryl methyl sites for hydroxylation is 1. The summed E-state index contributed by atoms with van der Waals surface area (Å²) in [7, 11) is 0. The first-order valence-corrected chi connectivity index (χ1v) is 8.52. The Bertz CT molecular complexity index is 932. The lowest BCUT2D eigenvalue weighted by Gasteiger charge is -2.09. The maximum atomic E-state index is 11.7. The minimum Gasteiger partial charge on any atom is -0.462 e. The zero-order chi connectivity index (χ0) is 18.7. The van der Waals surface area contributed by atoms with Crippen LogP contribution in [0.2, 0.25) is 0 Å². The number of carbonyl (C=O) groups is 1. The van der Waals surface area contributed by atoms with E-state index in [1.807, 2.05) is 30.5 Å². The Balaban J connectivity index is 1.94. The fourth-order valence-electron chi connectivity index (χ4n) is 2.98. The van der Waals surface area contributed by atoms with Crippen LogP contribution in [0.4, 0.5) is 11.5 Å². The van der Waals surface area contributed by atoms with E-state index in [1.165, 1.54) is 6.33 Å². The van der Waals surface area contributed by atoms with Crippen LogP contribution < -0.4 is 5.32 Å². The smallest absolute Gasteiger partial charge is 0.338 e. The molecule has 2 heterocycles. The van der Waals surface area contributed by atoms with E-state index in [1.54, 1.807) is 19.1 Å². The highest BCUT2D eigenvalue weighted by atomic mass is 16.5. The number of ether oxygens (including phenoxy) is 1. The number of rotatable bonds is 6. The minimum absolute atomic E-state index is 0.0478. The molecule has 3 rings (SSSR count). The molecular formula is C19H22N4O3. The van der Waals surface area contributed by atoms with Crippen molar-refractivity contribution in [3.63, 3.8) is 0 Å². The maximum Gasteiger partial charge on any atom is 0.338 e. The fraction of sp³-hybridized carbons (Fsp3) is 0.316. The van der Waals surface area contributed by atoms with Crippen LogP contribution in [-0.2, 0) is 11.3 Å². The van der Waals surface area contributed by atoms with E-state index in [9.17, 15) is 9.90 Å². The first kappa shape index (κ1) is 17.9. The summed E-state index contributed by atoms with van der Waals surface area (Å²) in [6, 6.07) is 7.06. The number of anilines is 2. The lowest BCUT2D eigenvalue weighted by molar-refractivity contribution is 0.0526. The first-order chi connectivity index (χ1) is 12.6. The second-order valence-electron chi connectivity index (χ2n) is 5.93. The number of hydrogen-bond donors (Lipinski definition) is 2. The number of esters is 1. The highest BCUT2D eigenvalue weighted by Gasteiger charge is 2.16. The van der Waals surface area contributed by atoms with E-state index >= 15 is 0 Å². The number of fused-ring (bicyclic) bond motifs is 1. The molecule has 2 aromatic heterocycles. The predicted molar refractivity (Wildman–Crippen MR) is 99.8 cm³/mol. The Hall–Kier alpha value is -2.93. The van der Waals surface area contributed by atoms with Crippen LogP contribution in [0, 0.1) is 13.8 Å². The zero-order valence-electron chi connectivity index (χ0n) is 15.1. The molecule has 0 spiro atoms. The van der Waals surface area contributed by atoms with Gasteiger partial charge < -0.3 is 19.7 Å². The van der Waals surface area contributed by atoms with Gasteiger partial charge in [0.25, 0.3) is 0 Å². The van der Waals surface area contributed by atoms with Crippen molar-refractivity contribution in [2.45, 2.75) is 27.3 Å². The lowest BCUT2D eigenvalue weighted by atomic mass is 10.2. The van der Waals surface area contributed by atoms with Gasteiger partial charge >= 0.3 is 5.97 Å². The average Bonchev–Trinajstić information content (AvgIpc) is 2.89. The van der Waals surface area contributed by atoms with Gasteiger partial charge in [-0.05, 0) is 50.6 Å². The van der Waals surface area contributed by atoms with Gasteiger partial charge in [-0.1, -0.05) is 0 Å². The van der Waals surface area contributed by atoms with Crippen LogP contribution in [0.3, 0.4) is 0 Å². The third-order valence-electron chi connectivity index (χ3n) is 4.39. The summed E-state index contributed by atoms with van der Waals surface area (Å²) >= 11 is 0. The van der Waals surface area contributed by atoms with Crippen molar-refractivity contribution < 1.29 is 14.6 Å². The molecule has 0 aliphatic carbocycles. The summed E-state index contributed by atoms with van der Waals surface area (Å²) in [6.07, 6.45) is 1.50. The number of nitrogens with one attached hydrogen (secondary N) is 1. The van der Waals surface area contributed by atoms with Crippen molar-refractivity contribution in [2.24, 2.45) is 0 Å². The molecule has 0 radical (unpaired) electrons. The van der Waals surface area contributed by atoms with E-state index < -0.39 is 0 Å². The van der Waals surface area contributed by atoms with E-state index in [-0.39, 0.29) is 12.6 Å². The monoisotopic (exact) mass is 354 g/mol. The third kappa shape index (κ3) is 3.25. The Labute approximate surface area is 151 Å². The second-order valence-corrected chi connectivity index (χ2v) is 5.93. The van der Waals surface area contributed by atoms with Crippen molar-refractivity contribution in [3.8, 4) is 0 Å². The summed E-state index contributed by atoms with van der Waals surface area (Å²) in [5.74, 6) is 0.354. The summed E-state index contributed by atoms with van der Waals surface area (Å²) < 4.78 is 6.98. The highest BCUT2D eigenvalue weighted by Crippen LogP contribution is 2.30. The molecule has 1 aromatic carbocycles. The molecular weight excluding hydrogens is 332 g/mol. The molecule has 0 fully saturated rings. The number of nitrogens with zero attached hydrogens (tertiary/aromatic N) is 3. The van der Waals surface area contributed by atoms with E-state index in [4.69, 9.17) is 4.74 Å². The molecule has 0 aliphatic rings. The second kappa shape index (κ2) is 7.53. The highest BCUT2D eigenvalue weighted by molar-refractivity contribution is 5.94. The van der Waals surface area contributed by atoms with Gasteiger partial charge in [0.05, 0.1) is 24.2 Å². The summed E-state index contributed by atoms with van der Waals surface area (Å²) in [5, 5.41) is 13.5. The number of carbonyl (C=O) groups excluding carboxylic acids is 1. The molecule has 0 unspecified atom stereocenters. The van der Waals surface area contributed by atoms with Gasteiger partial charge in [-0.3, -0.25) is 0 Å². The number of aliphatic hydroxyl groups is 1. The molecule has 26 heavy (non-hydrogen) atoms. The Morgan fingerprint density at radius 1 is 1.23 bits per heavy atom. The van der Waals surface area contributed by atoms with Gasteiger partial charge in [-0.25, -0.2) is 14.8 Å². The van der Waals surface area contributed by atoms with Crippen molar-refractivity contribution in [3.05, 3.63) is 47.4 Å². The van der Waals surface area contributed by atoms with Crippen LogP contribution in [0.25, 0.3) is 11.0 Å². The van der Waals surface area contributed by atoms with Gasteiger partial charge in [-0.15, -0.1) is 0 Å². The number of aromatic nitrogens is 3. The van der Waals surface area contributed by atoms with Crippen molar-refractivity contribution >= 4 is 28.5 Å². The Morgan fingerprint density at radius 2 is 1.96 bits per heavy atom. The molecule has 3 aromatic rings. The van der Waals surface area contributed by atoms with Crippen molar-refractivity contribution in [1.29, 1.82) is 0 Å². The summed E-state index contributed by atoms with van der Waals surface area (Å²) in [5.41, 5.74) is 4.22. The molecule has 0 aliphatic heterocycles. The molecule has 0 atom stereocenters. The molecule has 0 saturated carbocycles. The lowest BCUT2D eigenvalue weighted by Crippen LogP contribution is -2.05. The van der Waals surface area contributed by atoms with Crippen LogP contribution in [0.1, 0.15) is 28.5 Å². The molecule has 0 bridgehead atoms. The molecule has 7 heteroatoms. The molecule has 0 amide bonds. The molecule has 7 nitrogen and oxygen atoms in total. The standard InChI is InChI=1S/C19H22N4O3/c1-4-26-19(25)14-5-7-15(8-6-14)22-17-16-12(2)13(3)23(9-10-24)18(16)21-11-20-17/h5-8,11,24H,4,9-10H2,1-3H3,(H,20,21,22). The van der Waals surface area contributed by atoms with Crippen LogP contribution >= 0.6 is 0 Å². The van der Waals surface area contributed by atoms with E-state index in [2.05, 4.69) is 15.3 Å². The minimum atomic E-state index is -0.337. The van der Waals surface area contributed by atoms with Crippen molar-refractivity contribution in [2.75, 3.05) is 18.5 Å². The molecule has 136 valence electrons. The number of hydrogen-bond acceptors (Lipinski definition) is 6. The Kier molecular flexibility index (Phi) is 5.18. The van der Waals surface area contributed by atoms with Crippen LogP contribution in [0.5, 0.6) is 0 Å². The zero-order valence-corrected chi connectivity index (χ0v) is 15.1. The topological polar surface area (TPSA) is 89.3 Å².